The third-order valence-electron chi connectivity index (χ3n) is 5.04. The summed E-state index contributed by atoms with van der Waals surface area (Å²) >= 11 is 5.84. The fourth-order valence-electron chi connectivity index (χ4n) is 3.54. The Bertz CT molecular complexity index is 850. The summed E-state index contributed by atoms with van der Waals surface area (Å²) in [5, 5.41) is 4.77. The molecule has 0 bridgehead atoms. The molecule has 0 unspecified atom stereocenters. The molecular weight excluding hydrogens is 390 g/mol. The highest BCUT2D eigenvalue weighted by Crippen LogP contribution is 2.42. The van der Waals surface area contributed by atoms with Crippen LogP contribution in [0.5, 0.6) is 11.5 Å². The van der Waals surface area contributed by atoms with Crippen molar-refractivity contribution in [2.75, 3.05) is 43.5 Å². The Hall–Kier alpha value is -2.06. The number of aromatic nitrogens is 2. The summed E-state index contributed by atoms with van der Waals surface area (Å²) in [6, 6.07) is 6.81. The lowest BCUT2D eigenvalue weighted by Gasteiger charge is -2.34. The molecule has 0 N–H and O–H groups in total. The molecule has 1 aromatic heterocycles. The van der Waals surface area contributed by atoms with Crippen molar-refractivity contribution < 1.29 is 18.3 Å². The van der Waals surface area contributed by atoms with E-state index in [1.54, 1.807) is 10.7 Å². The predicted molar refractivity (Wildman–Crippen MR) is 103 cm³/mol. The molecule has 2 aliphatic rings. The van der Waals surface area contributed by atoms with Crippen LogP contribution in [0, 0.1) is 0 Å². The van der Waals surface area contributed by atoms with E-state index in [4.69, 9.17) is 16.7 Å². The number of rotatable bonds is 5. The number of fused-ring (bicyclic) bond motifs is 1. The number of benzene rings is 1. The van der Waals surface area contributed by atoms with E-state index in [0.717, 1.165) is 44.2 Å². The largest absolute Gasteiger partial charge is 0.586 e. The second kappa shape index (κ2) is 7.40. The molecule has 3 heterocycles. The smallest absolute Gasteiger partial charge is 0.395 e. The van der Waals surface area contributed by atoms with Crippen molar-refractivity contribution in [3.05, 3.63) is 30.0 Å². The second-order valence-corrected chi connectivity index (χ2v) is 7.69. The van der Waals surface area contributed by atoms with E-state index in [0.29, 0.717) is 11.6 Å². The zero-order valence-electron chi connectivity index (χ0n) is 15.9. The van der Waals surface area contributed by atoms with E-state index in [9.17, 15) is 8.78 Å². The van der Waals surface area contributed by atoms with E-state index in [2.05, 4.69) is 39.2 Å². The molecular formula is C19H23ClF2N4O2. The van der Waals surface area contributed by atoms with Crippen LogP contribution in [0.1, 0.15) is 25.5 Å². The minimum Gasteiger partial charge on any atom is -0.395 e. The summed E-state index contributed by atoms with van der Waals surface area (Å²) in [7, 11) is 0. The van der Waals surface area contributed by atoms with Crippen LogP contribution in [0.3, 0.4) is 0 Å². The monoisotopic (exact) mass is 412 g/mol. The fraction of sp³-hybridized carbons (Fsp3) is 0.526. The van der Waals surface area contributed by atoms with Gasteiger partial charge >= 0.3 is 6.29 Å². The highest BCUT2D eigenvalue weighted by atomic mass is 35.5. The molecule has 4 rings (SSSR count). The lowest BCUT2D eigenvalue weighted by atomic mass is 10.1. The van der Waals surface area contributed by atoms with Crippen LogP contribution < -0.4 is 14.4 Å². The number of nitrogens with zero attached hydrogens (tertiary/aromatic N) is 4. The molecule has 2 aliphatic heterocycles. The molecule has 9 heteroatoms. The number of halogens is 3. The van der Waals surface area contributed by atoms with Crippen LogP contribution in [0.25, 0.3) is 5.69 Å². The van der Waals surface area contributed by atoms with Gasteiger partial charge < -0.3 is 14.4 Å². The van der Waals surface area contributed by atoms with Crippen molar-refractivity contribution >= 4 is 17.4 Å². The van der Waals surface area contributed by atoms with Gasteiger partial charge in [-0.15, -0.1) is 20.4 Å². The Morgan fingerprint density at radius 3 is 2.50 bits per heavy atom. The molecule has 0 radical (unpaired) electrons. The van der Waals surface area contributed by atoms with Gasteiger partial charge in [0.1, 0.15) is 0 Å². The van der Waals surface area contributed by atoms with Crippen molar-refractivity contribution in [1.82, 2.24) is 14.7 Å². The zero-order chi connectivity index (χ0) is 19.9. The van der Waals surface area contributed by atoms with Crippen molar-refractivity contribution in [2.45, 2.75) is 26.1 Å². The first-order chi connectivity index (χ1) is 13.4. The molecule has 0 amide bonds. The van der Waals surface area contributed by atoms with Crippen LogP contribution in [-0.4, -0.2) is 59.6 Å². The maximum absolute atomic E-state index is 13.3. The summed E-state index contributed by atoms with van der Waals surface area (Å²) in [5.41, 5.74) is 1.67. The van der Waals surface area contributed by atoms with Crippen LogP contribution in [-0.2, 0) is 0 Å². The molecule has 152 valence electrons. The number of hydrogen-bond acceptors (Lipinski definition) is 5. The molecule has 1 aromatic carbocycles. The molecule has 0 spiro atoms. The van der Waals surface area contributed by atoms with Gasteiger partial charge in [-0.2, -0.15) is 5.10 Å². The molecule has 1 fully saturated rings. The average Bonchev–Trinajstić information content (AvgIpc) is 3.21. The van der Waals surface area contributed by atoms with Crippen molar-refractivity contribution in [1.29, 1.82) is 0 Å². The maximum Gasteiger partial charge on any atom is 0.586 e. The van der Waals surface area contributed by atoms with Gasteiger partial charge in [0.15, 0.2) is 17.3 Å². The molecule has 1 saturated heterocycles. The summed E-state index contributed by atoms with van der Waals surface area (Å²) in [5.74, 6) is 1.78. The first-order valence-corrected chi connectivity index (χ1v) is 9.93. The van der Waals surface area contributed by atoms with Crippen LogP contribution in [0.4, 0.5) is 14.6 Å². The SMILES string of the molecule is CC(C)c1cc(N2CCN(CCCl)CC2)nn1-c1ccc2c(c1)OC(F)(F)O2. The van der Waals surface area contributed by atoms with Gasteiger partial charge in [-0.25, -0.2) is 4.68 Å². The topological polar surface area (TPSA) is 42.8 Å². The molecule has 28 heavy (non-hydrogen) atoms. The van der Waals surface area contributed by atoms with Gasteiger partial charge in [0.05, 0.1) is 5.69 Å². The Labute approximate surface area is 167 Å². The quantitative estimate of drug-likeness (QED) is 0.701. The number of ether oxygens (including phenoxy) is 2. The zero-order valence-corrected chi connectivity index (χ0v) is 16.6. The number of piperazine rings is 1. The summed E-state index contributed by atoms with van der Waals surface area (Å²) < 4.78 is 37.5. The molecule has 0 aliphatic carbocycles. The van der Waals surface area contributed by atoms with Crippen molar-refractivity contribution in [3.8, 4) is 17.2 Å². The predicted octanol–water partition coefficient (Wildman–Crippen LogP) is 3.68. The van der Waals surface area contributed by atoms with E-state index in [-0.39, 0.29) is 17.4 Å². The van der Waals surface area contributed by atoms with Gasteiger partial charge in [0.2, 0.25) is 0 Å². The van der Waals surface area contributed by atoms with Crippen LogP contribution >= 0.6 is 11.6 Å². The minimum atomic E-state index is -3.63. The standard InChI is InChI=1S/C19H23ClF2N4O2/c1-13(2)15-12-18(25-9-7-24(6-5-20)8-10-25)23-26(15)14-3-4-16-17(11-14)28-19(21,22)27-16/h3-4,11-13H,5-10H2,1-2H3. The van der Waals surface area contributed by atoms with Crippen molar-refractivity contribution in [2.24, 2.45) is 0 Å². The van der Waals surface area contributed by atoms with Gasteiger partial charge in [0.25, 0.3) is 0 Å². The fourth-order valence-corrected chi connectivity index (χ4v) is 3.78. The molecule has 0 saturated carbocycles. The maximum atomic E-state index is 13.3. The minimum absolute atomic E-state index is 0.0175. The number of anilines is 1. The highest BCUT2D eigenvalue weighted by molar-refractivity contribution is 6.18. The molecule has 0 atom stereocenters. The van der Waals surface area contributed by atoms with Crippen LogP contribution in [0.15, 0.2) is 24.3 Å². The van der Waals surface area contributed by atoms with Crippen LogP contribution in [0.2, 0.25) is 0 Å². The van der Waals surface area contributed by atoms with E-state index in [1.165, 1.54) is 12.1 Å². The lowest BCUT2D eigenvalue weighted by molar-refractivity contribution is -0.286. The first kappa shape index (κ1) is 19.3. The van der Waals surface area contributed by atoms with Gasteiger partial charge in [-0.1, -0.05) is 13.8 Å². The number of hydrogen-bond donors (Lipinski definition) is 0. The summed E-state index contributed by atoms with van der Waals surface area (Å²) in [6.45, 7) is 8.68. The molecule has 2 aromatic rings. The van der Waals surface area contributed by atoms with Gasteiger partial charge in [-0.3, -0.25) is 4.90 Å². The normalized spacial score (nSPS) is 18.9. The summed E-state index contributed by atoms with van der Waals surface area (Å²) in [6.07, 6.45) is -3.63. The van der Waals surface area contributed by atoms with Crippen molar-refractivity contribution in [3.63, 3.8) is 0 Å². The Morgan fingerprint density at radius 1 is 1.11 bits per heavy atom. The Balaban J connectivity index is 1.60. The van der Waals surface area contributed by atoms with E-state index < -0.39 is 6.29 Å². The number of alkyl halides is 3. The lowest BCUT2D eigenvalue weighted by Crippen LogP contribution is -2.47. The van der Waals surface area contributed by atoms with Gasteiger partial charge in [-0.05, 0) is 18.1 Å². The third-order valence-corrected chi connectivity index (χ3v) is 5.21. The summed E-state index contributed by atoms with van der Waals surface area (Å²) in [4.78, 5) is 4.58. The first-order valence-electron chi connectivity index (χ1n) is 9.40. The van der Waals surface area contributed by atoms with Gasteiger partial charge in [0, 0.05) is 56.4 Å². The average molecular weight is 413 g/mol. The highest BCUT2D eigenvalue weighted by Gasteiger charge is 2.43. The Morgan fingerprint density at radius 2 is 1.82 bits per heavy atom. The third kappa shape index (κ3) is 3.75. The van der Waals surface area contributed by atoms with E-state index in [1.807, 2.05) is 0 Å². The Kier molecular flexibility index (Phi) is 5.09. The van der Waals surface area contributed by atoms with E-state index >= 15 is 0 Å². The molecule has 6 nitrogen and oxygen atoms in total. The second-order valence-electron chi connectivity index (χ2n) is 7.31.